The van der Waals surface area contributed by atoms with E-state index in [1.807, 2.05) is 0 Å². The molecular formula is C25H42O2. The maximum atomic E-state index is 10.9. The molecular weight excluding hydrogens is 332 g/mol. The molecule has 3 saturated carbocycles. The van der Waals surface area contributed by atoms with E-state index in [-0.39, 0.29) is 0 Å². The molecule has 27 heavy (non-hydrogen) atoms. The van der Waals surface area contributed by atoms with Crippen LogP contribution >= 0.6 is 0 Å². The predicted molar refractivity (Wildman–Crippen MR) is 111 cm³/mol. The molecule has 0 bridgehead atoms. The molecule has 2 nitrogen and oxygen atoms in total. The number of fused-ring (bicyclic) bond motifs is 5. The van der Waals surface area contributed by atoms with Crippen LogP contribution in [0.2, 0.25) is 0 Å². The molecule has 0 aromatic rings. The average Bonchev–Trinajstić information content (AvgIpc) is 2.67. The Kier molecular flexibility index (Phi) is 5.08. The first-order chi connectivity index (χ1) is 12.8. The summed E-state index contributed by atoms with van der Waals surface area (Å²) in [6.45, 7) is 9.87. The van der Waals surface area contributed by atoms with Gasteiger partial charge in [0, 0.05) is 6.61 Å². The van der Waals surface area contributed by atoms with Crippen molar-refractivity contribution in [3.05, 3.63) is 11.6 Å². The number of hydrogen-bond donors (Lipinski definition) is 2. The normalized spacial score (nSPS) is 50.8. The third kappa shape index (κ3) is 2.96. The highest BCUT2D eigenvalue weighted by Gasteiger charge is 2.58. The van der Waals surface area contributed by atoms with Crippen LogP contribution in [-0.2, 0) is 0 Å². The van der Waals surface area contributed by atoms with E-state index in [0.717, 1.165) is 37.0 Å². The van der Waals surface area contributed by atoms with Crippen molar-refractivity contribution in [2.45, 2.75) is 97.5 Å². The third-order valence-corrected chi connectivity index (χ3v) is 10.2. The summed E-state index contributed by atoms with van der Waals surface area (Å²) in [6.07, 6.45) is 14.5. The molecule has 0 heterocycles. The minimum Gasteiger partial charge on any atom is -0.396 e. The SMILES string of the molecule is CC[C@]1(O)CC[C@@]2(C)C(=CC[C@H]3[C@@H]4CCC[C@H]([C@H](C)CO)[C@@]4(C)CC[C@@H]32)C1. The Morgan fingerprint density at radius 2 is 1.89 bits per heavy atom. The summed E-state index contributed by atoms with van der Waals surface area (Å²) in [4.78, 5) is 0. The standard InChI is InChI=1S/C25H42O2/c1-5-25(27)14-13-23(3)18(15-25)9-10-19-21-8-6-7-20(17(2)16-26)24(21,4)12-11-22(19)23/h9,17,19-22,26-27H,5-8,10-16H2,1-4H3/t17-,19+,20-,21+,22+,23+,24-,25+/m1/s1. The first-order valence-electron chi connectivity index (χ1n) is 11.8. The fourth-order valence-electron chi connectivity index (χ4n) is 8.32. The van der Waals surface area contributed by atoms with Crippen LogP contribution in [0.15, 0.2) is 11.6 Å². The Hall–Kier alpha value is -0.340. The second-order valence-corrected chi connectivity index (χ2v) is 11.3. The highest BCUT2D eigenvalue weighted by atomic mass is 16.3. The van der Waals surface area contributed by atoms with Crippen LogP contribution in [0, 0.1) is 40.4 Å². The van der Waals surface area contributed by atoms with Gasteiger partial charge in [0.15, 0.2) is 0 Å². The van der Waals surface area contributed by atoms with Crippen molar-refractivity contribution in [2.75, 3.05) is 6.61 Å². The van der Waals surface area contributed by atoms with Gasteiger partial charge in [-0.25, -0.2) is 0 Å². The summed E-state index contributed by atoms with van der Waals surface area (Å²) in [5.74, 6) is 3.58. The van der Waals surface area contributed by atoms with Crippen molar-refractivity contribution in [2.24, 2.45) is 40.4 Å². The Morgan fingerprint density at radius 3 is 2.59 bits per heavy atom. The molecule has 8 atom stereocenters. The number of allylic oxidation sites excluding steroid dienone is 1. The van der Waals surface area contributed by atoms with E-state index in [4.69, 9.17) is 0 Å². The first kappa shape index (κ1) is 20.0. The fourth-order valence-corrected chi connectivity index (χ4v) is 8.32. The summed E-state index contributed by atoms with van der Waals surface area (Å²) in [5.41, 5.74) is 1.87. The van der Waals surface area contributed by atoms with Gasteiger partial charge in [-0.2, -0.15) is 0 Å². The summed E-state index contributed by atoms with van der Waals surface area (Å²) in [5, 5.41) is 20.8. The van der Waals surface area contributed by atoms with Gasteiger partial charge in [0.1, 0.15) is 0 Å². The molecule has 2 heteroatoms. The molecule has 0 radical (unpaired) electrons. The molecule has 4 aliphatic carbocycles. The first-order valence-corrected chi connectivity index (χ1v) is 11.8. The fraction of sp³-hybridized carbons (Fsp3) is 0.920. The van der Waals surface area contributed by atoms with Gasteiger partial charge in [-0.3, -0.25) is 0 Å². The Morgan fingerprint density at radius 1 is 1.11 bits per heavy atom. The molecule has 0 amide bonds. The molecule has 0 aromatic heterocycles. The molecule has 3 fully saturated rings. The minimum atomic E-state index is -0.451. The molecule has 0 unspecified atom stereocenters. The highest BCUT2D eigenvalue weighted by Crippen LogP contribution is 2.66. The van der Waals surface area contributed by atoms with E-state index in [9.17, 15) is 10.2 Å². The average molecular weight is 375 g/mol. The maximum Gasteiger partial charge on any atom is 0.0682 e. The van der Waals surface area contributed by atoms with E-state index in [0.29, 0.717) is 29.3 Å². The third-order valence-electron chi connectivity index (χ3n) is 10.2. The lowest BCUT2D eigenvalue weighted by Crippen LogP contribution is -2.55. The van der Waals surface area contributed by atoms with Crippen molar-refractivity contribution in [3.8, 4) is 0 Å². The molecule has 154 valence electrons. The van der Waals surface area contributed by atoms with Crippen molar-refractivity contribution in [3.63, 3.8) is 0 Å². The zero-order valence-electron chi connectivity index (χ0n) is 18.1. The van der Waals surface area contributed by atoms with Crippen LogP contribution < -0.4 is 0 Å². The second kappa shape index (κ2) is 6.87. The van der Waals surface area contributed by atoms with Crippen LogP contribution in [0.1, 0.15) is 91.9 Å². The molecule has 0 aromatic carbocycles. The van der Waals surface area contributed by atoms with Gasteiger partial charge in [0.05, 0.1) is 5.60 Å². The minimum absolute atomic E-state index is 0.321. The highest BCUT2D eigenvalue weighted by molar-refractivity contribution is 5.26. The van der Waals surface area contributed by atoms with E-state index >= 15 is 0 Å². The zero-order chi connectivity index (χ0) is 19.4. The number of rotatable bonds is 3. The van der Waals surface area contributed by atoms with Crippen molar-refractivity contribution in [1.29, 1.82) is 0 Å². The summed E-state index contributed by atoms with van der Waals surface area (Å²) in [6, 6.07) is 0. The molecule has 4 rings (SSSR count). The van der Waals surface area contributed by atoms with Gasteiger partial charge in [-0.15, -0.1) is 0 Å². The molecule has 0 aliphatic heterocycles. The Labute approximate surface area is 166 Å². The van der Waals surface area contributed by atoms with Crippen molar-refractivity contribution in [1.82, 2.24) is 0 Å². The topological polar surface area (TPSA) is 40.5 Å². The number of aliphatic hydroxyl groups is 2. The van der Waals surface area contributed by atoms with Crippen LogP contribution in [0.5, 0.6) is 0 Å². The van der Waals surface area contributed by atoms with Gasteiger partial charge >= 0.3 is 0 Å². The molecule has 0 spiro atoms. The van der Waals surface area contributed by atoms with E-state index < -0.39 is 5.60 Å². The van der Waals surface area contributed by atoms with Crippen LogP contribution in [0.25, 0.3) is 0 Å². The van der Waals surface area contributed by atoms with Crippen molar-refractivity contribution >= 4 is 0 Å². The smallest absolute Gasteiger partial charge is 0.0682 e. The molecule has 0 saturated heterocycles. The number of hydrogen-bond acceptors (Lipinski definition) is 2. The van der Waals surface area contributed by atoms with Gasteiger partial charge in [0.25, 0.3) is 0 Å². The van der Waals surface area contributed by atoms with E-state index in [1.54, 1.807) is 5.57 Å². The molecule has 2 N–H and O–H groups in total. The predicted octanol–water partition coefficient (Wildman–Crippen LogP) is 5.73. The second-order valence-electron chi connectivity index (χ2n) is 11.3. The largest absolute Gasteiger partial charge is 0.396 e. The summed E-state index contributed by atoms with van der Waals surface area (Å²) < 4.78 is 0. The van der Waals surface area contributed by atoms with Gasteiger partial charge < -0.3 is 10.2 Å². The van der Waals surface area contributed by atoms with Gasteiger partial charge in [-0.05, 0) is 98.2 Å². The Balaban J connectivity index is 1.63. The Bertz CT molecular complexity index is 597. The van der Waals surface area contributed by atoms with Crippen LogP contribution in [-0.4, -0.2) is 22.4 Å². The van der Waals surface area contributed by atoms with E-state index in [1.165, 1.54) is 44.9 Å². The number of aliphatic hydroxyl groups excluding tert-OH is 1. The quantitative estimate of drug-likeness (QED) is 0.620. The maximum absolute atomic E-state index is 10.9. The van der Waals surface area contributed by atoms with Crippen LogP contribution in [0.3, 0.4) is 0 Å². The van der Waals surface area contributed by atoms with Gasteiger partial charge in [0.2, 0.25) is 0 Å². The summed E-state index contributed by atoms with van der Waals surface area (Å²) >= 11 is 0. The molecule has 4 aliphatic rings. The lowest BCUT2D eigenvalue weighted by atomic mass is 9.42. The lowest BCUT2D eigenvalue weighted by Gasteiger charge is -2.63. The van der Waals surface area contributed by atoms with Crippen LogP contribution in [0.4, 0.5) is 0 Å². The van der Waals surface area contributed by atoms with E-state index in [2.05, 4.69) is 33.8 Å². The van der Waals surface area contributed by atoms with Crippen molar-refractivity contribution < 1.29 is 10.2 Å². The monoisotopic (exact) mass is 374 g/mol. The lowest BCUT2D eigenvalue weighted by molar-refractivity contribution is -0.118. The zero-order valence-corrected chi connectivity index (χ0v) is 18.1. The summed E-state index contributed by atoms with van der Waals surface area (Å²) in [7, 11) is 0. The van der Waals surface area contributed by atoms with Gasteiger partial charge in [-0.1, -0.05) is 45.8 Å².